The predicted molar refractivity (Wildman–Crippen MR) is 203 cm³/mol. The molecule has 0 amide bonds. The van der Waals surface area contributed by atoms with Crippen LogP contribution in [0, 0.1) is 24.5 Å². The Morgan fingerprint density at radius 1 is 0.625 bits per heavy atom. The molecular weight excluding hydrogens is 777 g/mol. The average Bonchev–Trinajstić information content (AvgIpc) is 3.06. The number of aryl methyl sites for hydroxylation is 1. The van der Waals surface area contributed by atoms with Crippen molar-refractivity contribution in [2.75, 3.05) is 0 Å². The minimum Gasteiger partial charge on any atom is -0.305 e. The Morgan fingerprint density at radius 2 is 1.23 bits per heavy atom. The summed E-state index contributed by atoms with van der Waals surface area (Å²) in [5.74, 6) is 0. The molecule has 4 aromatic carbocycles. The van der Waals surface area contributed by atoms with Gasteiger partial charge in [0.2, 0.25) is 0 Å². The maximum atomic E-state index is 4.86. The van der Waals surface area contributed by atoms with Gasteiger partial charge in [-0.3, -0.25) is 0 Å². The van der Waals surface area contributed by atoms with Gasteiger partial charge in [0.25, 0.3) is 0 Å². The van der Waals surface area contributed by atoms with Crippen molar-refractivity contribution < 1.29 is 20.1 Å². The van der Waals surface area contributed by atoms with Gasteiger partial charge in [-0.05, 0) is 58.4 Å². The van der Waals surface area contributed by atoms with E-state index in [0.717, 1.165) is 35.4 Å². The molecule has 2 nitrogen and oxygen atoms in total. The summed E-state index contributed by atoms with van der Waals surface area (Å²) in [6.07, 6.45) is 6.09. The van der Waals surface area contributed by atoms with Gasteiger partial charge in [-0.15, -0.1) is 71.3 Å². The van der Waals surface area contributed by atoms with Crippen LogP contribution in [0.1, 0.15) is 43.0 Å². The maximum Gasteiger partial charge on any atom is 0.0799 e. The fourth-order valence-corrected chi connectivity index (χ4v) is 7.31. The Kier molecular flexibility index (Phi) is 12.6. The van der Waals surface area contributed by atoms with Gasteiger partial charge in [0.1, 0.15) is 0 Å². The average molecular weight is 823 g/mol. The van der Waals surface area contributed by atoms with E-state index < -0.39 is 8.07 Å². The summed E-state index contributed by atoms with van der Waals surface area (Å²) in [6, 6.07) is 46.6. The van der Waals surface area contributed by atoms with Crippen LogP contribution in [0.4, 0.5) is 0 Å². The second-order valence-corrected chi connectivity index (χ2v) is 19.5. The summed E-state index contributed by atoms with van der Waals surface area (Å²) < 4.78 is 0. The van der Waals surface area contributed by atoms with E-state index in [1.807, 2.05) is 36.5 Å². The minimum atomic E-state index is -1.49. The monoisotopic (exact) mass is 823 g/mol. The molecule has 0 unspecified atom stereocenters. The van der Waals surface area contributed by atoms with Crippen LogP contribution in [0.5, 0.6) is 0 Å². The van der Waals surface area contributed by atoms with Gasteiger partial charge >= 0.3 is 0 Å². The molecule has 0 N–H and O–H groups in total. The van der Waals surface area contributed by atoms with Crippen LogP contribution in [-0.4, -0.2) is 18.0 Å². The van der Waals surface area contributed by atoms with Crippen LogP contribution in [0.2, 0.25) is 19.6 Å². The van der Waals surface area contributed by atoms with Crippen molar-refractivity contribution >= 4 is 13.3 Å². The molecule has 2 heterocycles. The Labute approximate surface area is 303 Å². The summed E-state index contributed by atoms with van der Waals surface area (Å²) in [4.78, 5) is 9.36. The van der Waals surface area contributed by atoms with Crippen molar-refractivity contribution in [1.29, 1.82) is 0 Å². The van der Waals surface area contributed by atoms with E-state index in [-0.39, 0.29) is 20.1 Å². The third kappa shape index (κ3) is 10.3. The van der Waals surface area contributed by atoms with Gasteiger partial charge in [-0.2, -0.15) is 0 Å². The number of benzene rings is 4. The third-order valence-corrected chi connectivity index (χ3v) is 10.2. The zero-order valence-corrected chi connectivity index (χ0v) is 32.7. The molecule has 247 valence electrons. The first-order valence-corrected chi connectivity index (χ1v) is 20.0. The normalized spacial score (nSPS) is 11.2. The minimum absolute atomic E-state index is 0. The molecule has 0 spiro atoms. The van der Waals surface area contributed by atoms with Crippen LogP contribution in [0.25, 0.3) is 33.6 Å². The smallest absolute Gasteiger partial charge is 0.0799 e. The molecule has 0 bridgehead atoms. The van der Waals surface area contributed by atoms with E-state index in [0.29, 0.717) is 5.41 Å². The molecule has 6 rings (SSSR count). The zero-order chi connectivity index (χ0) is 33.4. The second kappa shape index (κ2) is 16.4. The van der Waals surface area contributed by atoms with E-state index in [2.05, 4.69) is 156 Å². The fraction of sp³-hybridized carbons (Fsp3) is 0.227. The molecule has 0 fully saturated rings. The number of hydrogen-bond donors (Lipinski definition) is 0. The first-order chi connectivity index (χ1) is 22.5. The van der Waals surface area contributed by atoms with Gasteiger partial charge in [-0.1, -0.05) is 124 Å². The molecule has 0 aliphatic carbocycles. The molecule has 2 aromatic heterocycles. The van der Waals surface area contributed by atoms with Gasteiger partial charge in [0.15, 0.2) is 0 Å². The topological polar surface area (TPSA) is 25.8 Å². The van der Waals surface area contributed by atoms with Crippen LogP contribution in [0.3, 0.4) is 0 Å². The van der Waals surface area contributed by atoms with Gasteiger partial charge in [0, 0.05) is 32.5 Å². The number of hydrogen-bond acceptors (Lipinski definition) is 2. The first kappa shape index (κ1) is 36.9. The summed E-state index contributed by atoms with van der Waals surface area (Å²) in [5, 5.41) is 1.43. The number of nitrogens with zero attached hydrogens (tertiary/aromatic N) is 2. The van der Waals surface area contributed by atoms with Gasteiger partial charge < -0.3 is 9.97 Å². The summed E-state index contributed by atoms with van der Waals surface area (Å²) in [6.45, 7) is 16.1. The molecule has 0 atom stereocenters. The number of pyridine rings is 2. The number of aromatic nitrogens is 2. The summed E-state index contributed by atoms with van der Waals surface area (Å²) in [5.41, 5.74) is 12.2. The third-order valence-electron chi connectivity index (χ3n) is 8.14. The molecule has 0 aliphatic rings. The SMILES string of the molecule is C[Si](C)(C)c1cnc(-c2[c-]ccc(-c3ccccc3)c2)cc1Cc1ccccc1.Cc1cnc(-c2[c-]cccc2)cc1CC(C)(C)C.[Ir]. The van der Waals surface area contributed by atoms with Crippen molar-refractivity contribution in [3.8, 4) is 33.6 Å². The van der Waals surface area contributed by atoms with E-state index in [4.69, 9.17) is 4.98 Å². The summed E-state index contributed by atoms with van der Waals surface area (Å²) >= 11 is 0. The van der Waals surface area contributed by atoms with Crippen molar-refractivity contribution in [3.63, 3.8) is 0 Å². The summed E-state index contributed by atoms with van der Waals surface area (Å²) in [7, 11) is -1.49. The molecule has 0 saturated carbocycles. The predicted octanol–water partition coefficient (Wildman–Crippen LogP) is 10.8. The molecule has 48 heavy (non-hydrogen) atoms. The van der Waals surface area contributed by atoms with Crippen LogP contribution >= 0.6 is 0 Å². The Morgan fingerprint density at radius 3 is 1.88 bits per heavy atom. The molecule has 6 aromatic rings. The molecule has 0 aliphatic heterocycles. The quantitative estimate of drug-likeness (QED) is 0.118. The maximum absolute atomic E-state index is 4.86. The second-order valence-electron chi connectivity index (χ2n) is 14.5. The van der Waals surface area contributed by atoms with Gasteiger partial charge in [-0.25, -0.2) is 0 Å². The van der Waals surface area contributed by atoms with Crippen LogP contribution < -0.4 is 5.19 Å². The Bertz CT molecular complexity index is 1890. The molecule has 0 saturated heterocycles. The van der Waals surface area contributed by atoms with E-state index in [1.54, 1.807) is 0 Å². The first-order valence-electron chi connectivity index (χ1n) is 16.5. The fourth-order valence-electron chi connectivity index (χ4n) is 5.73. The van der Waals surface area contributed by atoms with Crippen LogP contribution in [0.15, 0.2) is 128 Å². The van der Waals surface area contributed by atoms with Crippen LogP contribution in [-0.2, 0) is 32.9 Å². The van der Waals surface area contributed by atoms with Crippen molar-refractivity contribution in [3.05, 3.63) is 162 Å². The van der Waals surface area contributed by atoms with Gasteiger partial charge in [0.05, 0.1) is 8.07 Å². The molecule has 1 radical (unpaired) electrons. The molecule has 4 heteroatoms. The zero-order valence-electron chi connectivity index (χ0n) is 29.3. The largest absolute Gasteiger partial charge is 0.305 e. The Hall–Kier alpha value is -3.95. The van der Waals surface area contributed by atoms with E-state index in [1.165, 1.54) is 38.6 Å². The Balaban J connectivity index is 0.000000236. The van der Waals surface area contributed by atoms with E-state index in [9.17, 15) is 0 Å². The van der Waals surface area contributed by atoms with Crippen molar-refractivity contribution in [1.82, 2.24) is 9.97 Å². The van der Waals surface area contributed by atoms with Crippen molar-refractivity contribution in [2.45, 2.75) is 60.2 Å². The standard InChI is InChI=1S/C27H26NSi.C17H20N.Ir/c1-29(2,3)27-20-28-26(19-25(27)17-21-11-6-4-7-12-21)24-16-10-15-23(18-24)22-13-8-5-9-14-22;1-13-12-18-16(14-8-6-5-7-9-14)10-15(13)11-17(2,3)4;/h4-15,18-20H,17H2,1-3H3;5-8,10,12H,11H2,1-4H3;/q2*-1;. The number of rotatable bonds is 7. The van der Waals surface area contributed by atoms with Crippen molar-refractivity contribution in [2.24, 2.45) is 5.41 Å². The molecular formula is C44H46IrN2Si-2. The van der Waals surface area contributed by atoms with E-state index >= 15 is 0 Å².